The molecule has 0 radical (unpaired) electrons. The van der Waals surface area contributed by atoms with Crippen molar-refractivity contribution < 1.29 is 14.0 Å². The second-order valence-corrected chi connectivity index (χ2v) is 5.60. The Morgan fingerprint density at radius 3 is 2.25 bits per heavy atom. The fraction of sp³-hybridized carbons (Fsp3) is 0.250. The monoisotopic (exact) mass is 271 g/mol. The minimum atomic E-state index is -0.432. The molecule has 0 spiro atoms. The largest absolute Gasteiger partial charge is 0.453 e. The van der Waals surface area contributed by atoms with Crippen molar-refractivity contribution in [3.63, 3.8) is 0 Å². The first kappa shape index (κ1) is 14.1. The Bertz CT molecular complexity index is 618. The van der Waals surface area contributed by atoms with Gasteiger partial charge in [0.15, 0.2) is 12.0 Å². The minimum Gasteiger partial charge on any atom is -0.453 e. The zero-order valence-corrected chi connectivity index (χ0v) is 11.8. The molecule has 0 aliphatic heterocycles. The summed E-state index contributed by atoms with van der Waals surface area (Å²) in [5.41, 5.74) is 1.15. The molecular weight excluding hydrogens is 254 g/mol. The molecule has 4 nitrogen and oxygen atoms in total. The van der Waals surface area contributed by atoms with Gasteiger partial charge < -0.3 is 9.73 Å². The highest BCUT2D eigenvalue weighted by molar-refractivity contribution is 5.94. The SMILES string of the molecule is CC(C)(C)C(=O)Nc1ccc(-c2ccc(C=O)o2)cc1. The van der Waals surface area contributed by atoms with Gasteiger partial charge >= 0.3 is 0 Å². The zero-order chi connectivity index (χ0) is 14.8. The average Bonchev–Trinajstić information content (AvgIpc) is 2.87. The summed E-state index contributed by atoms with van der Waals surface area (Å²) >= 11 is 0. The molecule has 1 amide bonds. The molecule has 0 saturated heterocycles. The highest BCUT2D eigenvalue weighted by atomic mass is 16.3. The first-order chi connectivity index (χ1) is 9.40. The van der Waals surface area contributed by atoms with Crippen molar-refractivity contribution in [3.05, 3.63) is 42.2 Å². The third-order valence-electron chi connectivity index (χ3n) is 2.85. The lowest BCUT2D eigenvalue weighted by Crippen LogP contribution is -2.27. The Kier molecular flexibility index (Phi) is 3.74. The summed E-state index contributed by atoms with van der Waals surface area (Å²) in [5, 5.41) is 2.85. The Hall–Kier alpha value is -2.36. The van der Waals surface area contributed by atoms with Gasteiger partial charge in [-0.25, -0.2) is 0 Å². The van der Waals surface area contributed by atoms with Crippen LogP contribution in [0.25, 0.3) is 11.3 Å². The molecule has 0 bridgehead atoms. The van der Waals surface area contributed by atoms with Crippen LogP contribution in [0, 0.1) is 5.41 Å². The Labute approximate surface area is 117 Å². The summed E-state index contributed by atoms with van der Waals surface area (Å²) in [6.45, 7) is 5.58. The number of aldehydes is 1. The molecule has 0 aliphatic rings. The van der Waals surface area contributed by atoms with Gasteiger partial charge in [0, 0.05) is 16.7 Å². The smallest absolute Gasteiger partial charge is 0.229 e. The van der Waals surface area contributed by atoms with Gasteiger partial charge in [0.05, 0.1) is 0 Å². The molecule has 1 aromatic carbocycles. The Morgan fingerprint density at radius 1 is 1.10 bits per heavy atom. The van der Waals surface area contributed by atoms with E-state index in [4.69, 9.17) is 4.42 Å². The van der Waals surface area contributed by atoms with Crippen LogP contribution in [0.1, 0.15) is 31.3 Å². The standard InChI is InChI=1S/C16H17NO3/c1-16(2,3)15(19)17-12-6-4-11(5-7-12)14-9-8-13(10-18)20-14/h4-10H,1-3H3,(H,17,19). The quantitative estimate of drug-likeness (QED) is 0.865. The lowest BCUT2D eigenvalue weighted by atomic mass is 9.95. The van der Waals surface area contributed by atoms with E-state index in [-0.39, 0.29) is 5.91 Å². The molecule has 1 aromatic heterocycles. The average molecular weight is 271 g/mol. The minimum absolute atomic E-state index is 0.0357. The van der Waals surface area contributed by atoms with E-state index in [1.807, 2.05) is 45.0 Å². The summed E-state index contributed by atoms with van der Waals surface area (Å²) in [6, 6.07) is 10.7. The van der Waals surface area contributed by atoms with Crippen LogP contribution in [0.15, 0.2) is 40.8 Å². The fourth-order valence-corrected chi connectivity index (χ4v) is 1.61. The molecule has 0 atom stereocenters. The number of carbonyl (C=O) groups is 2. The van der Waals surface area contributed by atoms with E-state index in [0.29, 0.717) is 17.8 Å². The molecule has 20 heavy (non-hydrogen) atoms. The van der Waals surface area contributed by atoms with E-state index in [1.54, 1.807) is 12.1 Å². The molecule has 104 valence electrons. The van der Waals surface area contributed by atoms with E-state index in [0.717, 1.165) is 11.3 Å². The van der Waals surface area contributed by atoms with Crippen LogP contribution in [0.4, 0.5) is 5.69 Å². The van der Waals surface area contributed by atoms with Crippen molar-refractivity contribution in [3.8, 4) is 11.3 Å². The van der Waals surface area contributed by atoms with Crippen molar-refractivity contribution in [2.24, 2.45) is 5.41 Å². The van der Waals surface area contributed by atoms with Crippen molar-refractivity contribution in [2.45, 2.75) is 20.8 Å². The van der Waals surface area contributed by atoms with Crippen LogP contribution in [0.5, 0.6) is 0 Å². The number of anilines is 1. The predicted molar refractivity (Wildman–Crippen MR) is 77.6 cm³/mol. The van der Waals surface area contributed by atoms with Gasteiger partial charge in [-0.2, -0.15) is 0 Å². The van der Waals surface area contributed by atoms with Crippen molar-refractivity contribution in [1.82, 2.24) is 0 Å². The highest BCUT2D eigenvalue weighted by Gasteiger charge is 2.21. The number of rotatable bonds is 3. The lowest BCUT2D eigenvalue weighted by Gasteiger charge is -2.17. The van der Waals surface area contributed by atoms with Gasteiger partial charge in [-0.3, -0.25) is 9.59 Å². The number of hydrogen-bond acceptors (Lipinski definition) is 3. The van der Waals surface area contributed by atoms with Crippen LogP contribution in [0.3, 0.4) is 0 Å². The summed E-state index contributed by atoms with van der Waals surface area (Å²) in [7, 11) is 0. The van der Waals surface area contributed by atoms with E-state index in [2.05, 4.69) is 5.32 Å². The van der Waals surface area contributed by atoms with E-state index < -0.39 is 5.41 Å². The van der Waals surface area contributed by atoms with Crippen LogP contribution in [-0.4, -0.2) is 12.2 Å². The number of furan rings is 1. The summed E-state index contributed by atoms with van der Waals surface area (Å²) in [5.74, 6) is 0.886. The number of carbonyl (C=O) groups excluding carboxylic acids is 2. The van der Waals surface area contributed by atoms with Gasteiger partial charge in [-0.1, -0.05) is 20.8 Å². The molecule has 1 N–H and O–H groups in total. The molecule has 2 rings (SSSR count). The maximum absolute atomic E-state index is 11.9. The molecular formula is C16H17NO3. The normalized spacial score (nSPS) is 11.2. The Morgan fingerprint density at radius 2 is 1.75 bits per heavy atom. The number of benzene rings is 1. The topological polar surface area (TPSA) is 59.3 Å². The van der Waals surface area contributed by atoms with Gasteiger partial charge in [0.2, 0.25) is 5.91 Å². The molecule has 4 heteroatoms. The second-order valence-electron chi connectivity index (χ2n) is 5.60. The summed E-state index contributed by atoms with van der Waals surface area (Å²) < 4.78 is 5.34. The number of nitrogens with one attached hydrogen (secondary N) is 1. The van der Waals surface area contributed by atoms with Gasteiger partial charge in [0.1, 0.15) is 5.76 Å². The van der Waals surface area contributed by atoms with Gasteiger partial charge in [-0.05, 0) is 36.4 Å². The third-order valence-corrected chi connectivity index (χ3v) is 2.85. The predicted octanol–water partition coefficient (Wildman–Crippen LogP) is 3.74. The Balaban J connectivity index is 2.14. The first-order valence-corrected chi connectivity index (χ1v) is 6.37. The van der Waals surface area contributed by atoms with E-state index in [9.17, 15) is 9.59 Å². The fourth-order valence-electron chi connectivity index (χ4n) is 1.61. The molecule has 0 saturated carbocycles. The molecule has 2 aromatic rings. The zero-order valence-electron chi connectivity index (χ0n) is 11.8. The van der Waals surface area contributed by atoms with E-state index >= 15 is 0 Å². The molecule has 1 heterocycles. The lowest BCUT2D eigenvalue weighted by molar-refractivity contribution is -0.123. The second kappa shape index (κ2) is 5.33. The van der Waals surface area contributed by atoms with Crippen molar-refractivity contribution in [2.75, 3.05) is 5.32 Å². The van der Waals surface area contributed by atoms with Crippen molar-refractivity contribution >= 4 is 17.9 Å². The highest BCUT2D eigenvalue weighted by Crippen LogP contribution is 2.24. The molecule has 0 aliphatic carbocycles. The van der Waals surface area contributed by atoms with Gasteiger partial charge in [0.25, 0.3) is 0 Å². The maximum atomic E-state index is 11.9. The molecule has 0 fully saturated rings. The number of hydrogen-bond donors (Lipinski definition) is 1. The summed E-state index contributed by atoms with van der Waals surface area (Å²) in [6.07, 6.45) is 0.668. The van der Waals surface area contributed by atoms with Crippen LogP contribution < -0.4 is 5.32 Å². The summed E-state index contributed by atoms with van der Waals surface area (Å²) in [4.78, 5) is 22.4. The van der Waals surface area contributed by atoms with Crippen molar-refractivity contribution in [1.29, 1.82) is 0 Å². The van der Waals surface area contributed by atoms with Crippen LogP contribution in [0.2, 0.25) is 0 Å². The first-order valence-electron chi connectivity index (χ1n) is 6.37. The van der Waals surface area contributed by atoms with Gasteiger partial charge in [-0.15, -0.1) is 0 Å². The third kappa shape index (κ3) is 3.15. The van der Waals surface area contributed by atoms with E-state index in [1.165, 1.54) is 0 Å². The number of amides is 1. The maximum Gasteiger partial charge on any atom is 0.229 e. The molecule has 0 unspecified atom stereocenters. The van der Waals surface area contributed by atoms with Crippen LogP contribution in [-0.2, 0) is 4.79 Å². The van der Waals surface area contributed by atoms with Crippen LogP contribution >= 0.6 is 0 Å².